The first-order valence-corrected chi connectivity index (χ1v) is 8.37. The van der Waals surface area contributed by atoms with Crippen LogP contribution in [0.25, 0.3) is 0 Å². The van der Waals surface area contributed by atoms with E-state index in [0.29, 0.717) is 12.1 Å². The summed E-state index contributed by atoms with van der Waals surface area (Å²) in [6.45, 7) is 3.51. The van der Waals surface area contributed by atoms with Crippen LogP contribution in [0.2, 0.25) is 0 Å². The van der Waals surface area contributed by atoms with Crippen LogP contribution < -0.4 is 4.90 Å². The predicted molar refractivity (Wildman–Crippen MR) is 93.9 cm³/mol. The zero-order chi connectivity index (χ0) is 18.4. The van der Waals surface area contributed by atoms with Crippen molar-refractivity contribution in [1.29, 1.82) is 0 Å². The van der Waals surface area contributed by atoms with Gasteiger partial charge in [0.25, 0.3) is 0 Å². The van der Waals surface area contributed by atoms with Gasteiger partial charge in [-0.05, 0) is 24.1 Å². The van der Waals surface area contributed by atoms with Crippen LogP contribution in [0.15, 0.2) is 36.4 Å². The molecule has 0 aliphatic carbocycles. The first kappa shape index (κ1) is 19.1. The number of amides is 1. The number of rotatable bonds is 8. The number of aliphatic hydroxyl groups excluding tert-OH is 1. The summed E-state index contributed by atoms with van der Waals surface area (Å²) < 4.78 is 10.7. The van der Waals surface area contributed by atoms with Gasteiger partial charge in [-0.1, -0.05) is 31.2 Å². The SMILES string of the molecule is CO[C@H](c1ccc(N2C(=O)CC2OC(C)=O)cc1)[C@H](C)/C=C/CCO. The number of nitrogens with zero attached hydrogens (tertiary/aromatic N) is 1. The molecule has 0 saturated carbocycles. The van der Waals surface area contributed by atoms with Crippen LogP contribution in [0, 0.1) is 5.92 Å². The molecule has 1 unspecified atom stereocenters. The minimum absolute atomic E-state index is 0.0670. The summed E-state index contributed by atoms with van der Waals surface area (Å²) >= 11 is 0. The normalized spacial score (nSPS) is 19.6. The van der Waals surface area contributed by atoms with Gasteiger partial charge in [-0.2, -0.15) is 0 Å². The molecule has 1 aliphatic heterocycles. The van der Waals surface area contributed by atoms with Gasteiger partial charge in [0.1, 0.15) is 0 Å². The van der Waals surface area contributed by atoms with Crippen molar-refractivity contribution in [3.63, 3.8) is 0 Å². The zero-order valence-corrected chi connectivity index (χ0v) is 14.8. The van der Waals surface area contributed by atoms with Crippen LogP contribution in [-0.4, -0.2) is 36.9 Å². The first-order chi connectivity index (χ1) is 12.0. The van der Waals surface area contributed by atoms with E-state index in [1.54, 1.807) is 7.11 Å². The van der Waals surface area contributed by atoms with Gasteiger partial charge in [0.2, 0.25) is 5.91 Å². The Bertz CT molecular complexity index is 625. The van der Waals surface area contributed by atoms with Crippen molar-refractivity contribution in [3.8, 4) is 0 Å². The number of aliphatic hydroxyl groups is 1. The number of β-lactam (4-membered cyclic amide) rings is 1. The van der Waals surface area contributed by atoms with Crippen LogP contribution in [-0.2, 0) is 19.1 Å². The van der Waals surface area contributed by atoms with Gasteiger partial charge in [-0.3, -0.25) is 14.5 Å². The van der Waals surface area contributed by atoms with Crippen LogP contribution in [0.5, 0.6) is 0 Å². The molecule has 1 aromatic rings. The second-order valence-electron chi connectivity index (χ2n) is 6.08. The molecule has 1 amide bonds. The van der Waals surface area contributed by atoms with E-state index in [0.717, 1.165) is 5.56 Å². The second kappa shape index (κ2) is 8.78. The molecular formula is C19H25NO5. The highest BCUT2D eigenvalue weighted by Crippen LogP contribution is 2.32. The number of hydrogen-bond acceptors (Lipinski definition) is 5. The number of methoxy groups -OCH3 is 1. The largest absolute Gasteiger partial charge is 0.441 e. The number of carbonyl (C=O) groups is 2. The summed E-state index contributed by atoms with van der Waals surface area (Å²) in [6, 6.07) is 7.49. The van der Waals surface area contributed by atoms with E-state index < -0.39 is 12.2 Å². The highest BCUT2D eigenvalue weighted by molar-refractivity contribution is 6.00. The van der Waals surface area contributed by atoms with Gasteiger partial charge in [0.05, 0.1) is 12.5 Å². The van der Waals surface area contributed by atoms with Crippen molar-refractivity contribution in [3.05, 3.63) is 42.0 Å². The fraction of sp³-hybridized carbons (Fsp3) is 0.474. The fourth-order valence-electron chi connectivity index (χ4n) is 2.95. The van der Waals surface area contributed by atoms with E-state index in [4.69, 9.17) is 14.6 Å². The molecule has 0 aromatic heterocycles. The Morgan fingerprint density at radius 3 is 2.60 bits per heavy atom. The summed E-state index contributed by atoms with van der Waals surface area (Å²) in [5.41, 5.74) is 1.69. The minimum atomic E-state index is -0.519. The van der Waals surface area contributed by atoms with Crippen LogP contribution in [0.3, 0.4) is 0 Å². The summed E-state index contributed by atoms with van der Waals surface area (Å²) in [5.74, 6) is -0.327. The van der Waals surface area contributed by atoms with E-state index in [9.17, 15) is 9.59 Å². The predicted octanol–water partition coefficient (Wildman–Crippen LogP) is 2.57. The molecule has 1 fully saturated rings. The monoisotopic (exact) mass is 347 g/mol. The number of benzene rings is 1. The maximum atomic E-state index is 11.8. The van der Waals surface area contributed by atoms with Crippen molar-refractivity contribution in [2.45, 2.75) is 39.0 Å². The molecule has 6 heteroatoms. The minimum Gasteiger partial charge on any atom is -0.441 e. The molecule has 0 bridgehead atoms. The standard InChI is InChI=1S/C19H25NO5/c1-13(6-4-5-11-21)19(24-3)15-7-9-16(10-8-15)20-17(23)12-18(20)25-14(2)22/h4,6-10,13,18-19,21H,5,11-12H2,1-3H3/b6-4+/t13-,18?,19+/m1/s1. The average molecular weight is 347 g/mol. The summed E-state index contributed by atoms with van der Waals surface area (Å²) in [4.78, 5) is 24.4. The summed E-state index contributed by atoms with van der Waals surface area (Å²) in [7, 11) is 1.66. The quantitative estimate of drug-likeness (QED) is 0.444. The van der Waals surface area contributed by atoms with Gasteiger partial charge in [0.15, 0.2) is 6.23 Å². The Morgan fingerprint density at radius 2 is 2.08 bits per heavy atom. The Balaban J connectivity index is 2.09. The summed E-state index contributed by atoms with van der Waals surface area (Å²) in [5, 5.41) is 8.85. The van der Waals surface area contributed by atoms with E-state index in [2.05, 4.69) is 0 Å². The number of carbonyl (C=O) groups excluding carboxylic acids is 2. The Hall–Kier alpha value is -2.18. The number of ether oxygens (including phenoxy) is 2. The molecule has 1 aromatic carbocycles. The van der Waals surface area contributed by atoms with E-state index >= 15 is 0 Å². The van der Waals surface area contributed by atoms with E-state index in [1.165, 1.54) is 11.8 Å². The molecule has 1 aliphatic rings. The maximum Gasteiger partial charge on any atom is 0.304 e. The molecule has 2 rings (SSSR count). The Kier molecular flexibility index (Phi) is 6.73. The van der Waals surface area contributed by atoms with E-state index in [-0.39, 0.29) is 31.0 Å². The van der Waals surface area contributed by atoms with Crippen LogP contribution in [0.4, 0.5) is 5.69 Å². The lowest BCUT2D eigenvalue weighted by Gasteiger charge is -2.39. The van der Waals surface area contributed by atoms with Gasteiger partial charge >= 0.3 is 5.97 Å². The van der Waals surface area contributed by atoms with Crippen molar-refractivity contribution in [1.82, 2.24) is 0 Å². The molecule has 6 nitrogen and oxygen atoms in total. The number of anilines is 1. The molecule has 1 saturated heterocycles. The molecule has 3 atom stereocenters. The lowest BCUT2D eigenvalue weighted by atomic mass is 9.96. The molecule has 1 N–H and O–H groups in total. The smallest absolute Gasteiger partial charge is 0.304 e. The molecule has 0 radical (unpaired) electrons. The third-order valence-electron chi connectivity index (χ3n) is 4.17. The molecular weight excluding hydrogens is 322 g/mol. The number of hydrogen-bond donors (Lipinski definition) is 1. The van der Waals surface area contributed by atoms with Crippen LogP contribution in [0.1, 0.15) is 38.4 Å². The highest BCUT2D eigenvalue weighted by atomic mass is 16.6. The lowest BCUT2D eigenvalue weighted by Crippen LogP contribution is -2.54. The maximum absolute atomic E-state index is 11.8. The zero-order valence-electron chi connectivity index (χ0n) is 14.8. The fourth-order valence-corrected chi connectivity index (χ4v) is 2.95. The molecule has 1 heterocycles. The van der Waals surface area contributed by atoms with Crippen LogP contribution >= 0.6 is 0 Å². The molecule has 25 heavy (non-hydrogen) atoms. The number of esters is 1. The van der Waals surface area contributed by atoms with E-state index in [1.807, 2.05) is 43.3 Å². The lowest BCUT2D eigenvalue weighted by molar-refractivity contribution is -0.153. The Labute approximate surface area is 148 Å². The first-order valence-electron chi connectivity index (χ1n) is 8.37. The van der Waals surface area contributed by atoms with Crippen molar-refractivity contribution < 1.29 is 24.2 Å². The average Bonchev–Trinajstić information content (AvgIpc) is 2.56. The van der Waals surface area contributed by atoms with Crippen molar-refractivity contribution in [2.24, 2.45) is 5.92 Å². The third-order valence-corrected chi connectivity index (χ3v) is 4.17. The van der Waals surface area contributed by atoms with Crippen molar-refractivity contribution >= 4 is 17.6 Å². The van der Waals surface area contributed by atoms with Gasteiger partial charge < -0.3 is 14.6 Å². The third kappa shape index (κ3) is 4.67. The van der Waals surface area contributed by atoms with Gasteiger partial charge in [0, 0.05) is 32.2 Å². The Morgan fingerprint density at radius 1 is 1.40 bits per heavy atom. The molecule has 0 spiro atoms. The second-order valence-corrected chi connectivity index (χ2v) is 6.08. The topological polar surface area (TPSA) is 76.1 Å². The van der Waals surface area contributed by atoms with Gasteiger partial charge in [-0.15, -0.1) is 0 Å². The summed E-state index contributed by atoms with van der Waals surface area (Å²) in [6.07, 6.45) is 4.15. The molecule has 136 valence electrons. The van der Waals surface area contributed by atoms with Gasteiger partial charge in [-0.25, -0.2) is 0 Å². The highest BCUT2D eigenvalue weighted by Gasteiger charge is 2.39. The van der Waals surface area contributed by atoms with Crippen molar-refractivity contribution in [2.75, 3.05) is 18.6 Å².